The summed E-state index contributed by atoms with van der Waals surface area (Å²) < 4.78 is 5.55. The Bertz CT molecular complexity index is 841. The normalized spacial score (nSPS) is 17.8. The Morgan fingerprint density at radius 1 is 1.04 bits per heavy atom. The van der Waals surface area contributed by atoms with Crippen LogP contribution >= 0.6 is 11.3 Å². The van der Waals surface area contributed by atoms with Crippen molar-refractivity contribution in [3.8, 4) is 0 Å². The maximum absolute atomic E-state index is 12.8. The summed E-state index contributed by atoms with van der Waals surface area (Å²) in [6.45, 7) is 4.54. The van der Waals surface area contributed by atoms with Gasteiger partial charge >= 0.3 is 5.97 Å². The first kappa shape index (κ1) is 19.0. The Kier molecular flexibility index (Phi) is 5.67. The third-order valence-corrected chi connectivity index (χ3v) is 6.71. The molecule has 0 bridgehead atoms. The highest BCUT2D eigenvalue weighted by Crippen LogP contribution is 2.30. The average molecular weight is 399 g/mol. The summed E-state index contributed by atoms with van der Waals surface area (Å²) >= 11 is 1.64. The number of hydrogen-bond acceptors (Lipinski definition) is 5. The summed E-state index contributed by atoms with van der Waals surface area (Å²) in [5.74, 6) is -0.465. The molecule has 28 heavy (non-hydrogen) atoms. The van der Waals surface area contributed by atoms with E-state index < -0.39 is 6.10 Å². The van der Waals surface area contributed by atoms with Crippen LogP contribution in [0.5, 0.6) is 0 Å². The van der Waals surface area contributed by atoms with Gasteiger partial charge in [0.15, 0.2) is 6.10 Å². The summed E-state index contributed by atoms with van der Waals surface area (Å²) in [5.41, 5.74) is 2.97. The number of esters is 1. The van der Waals surface area contributed by atoms with Gasteiger partial charge in [0, 0.05) is 42.1 Å². The van der Waals surface area contributed by atoms with Crippen LogP contribution in [0.25, 0.3) is 0 Å². The summed E-state index contributed by atoms with van der Waals surface area (Å²) in [6, 6.07) is 10.2. The van der Waals surface area contributed by atoms with Gasteiger partial charge in [-0.15, -0.1) is 11.3 Å². The Balaban J connectivity index is 1.33. The molecule has 2 heterocycles. The maximum atomic E-state index is 12.8. The van der Waals surface area contributed by atoms with Crippen LogP contribution in [0, 0.1) is 0 Å². The number of anilines is 1. The van der Waals surface area contributed by atoms with Crippen LogP contribution < -0.4 is 4.90 Å². The Morgan fingerprint density at radius 3 is 2.50 bits per heavy atom. The molecule has 2 aromatic rings. The summed E-state index contributed by atoms with van der Waals surface area (Å²) in [5, 5.41) is 1.90. The monoisotopic (exact) mass is 398 g/mol. The molecule has 1 fully saturated rings. The lowest BCUT2D eigenvalue weighted by atomic mass is 9.96. The summed E-state index contributed by atoms with van der Waals surface area (Å²) in [4.78, 5) is 30.8. The van der Waals surface area contributed by atoms with E-state index in [1.807, 2.05) is 23.6 Å². The van der Waals surface area contributed by atoms with Gasteiger partial charge in [-0.3, -0.25) is 4.79 Å². The molecule has 1 aliphatic heterocycles. The number of benzene rings is 1. The maximum Gasteiger partial charge on any atom is 0.340 e. The lowest BCUT2D eigenvalue weighted by molar-refractivity contribution is -0.140. The first-order valence-corrected chi connectivity index (χ1v) is 10.9. The number of fused-ring (bicyclic) bond motifs is 1. The molecule has 0 unspecified atom stereocenters. The van der Waals surface area contributed by atoms with E-state index in [-0.39, 0.29) is 11.9 Å². The summed E-state index contributed by atoms with van der Waals surface area (Å²) in [6.07, 6.45) is 3.53. The number of amides is 1. The lowest BCUT2D eigenvalue weighted by Gasteiger charge is -2.37. The number of carbonyl (C=O) groups excluding carboxylic acids is 2. The predicted molar refractivity (Wildman–Crippen MR) is 111 cm³/mol. The van der Waals surface area contributed by atoms with E-state index in [0.29, 0.717) is 18.7 Å². The highest BCUT2D eigenvalue weighted by atomic mass is 32.1. The molecule has 1 saturated heterocycles. The summed E-state index contributed by atoms with van der Waals surface area (Å²) in [7, 11) is 0. The molecule has 148 valence electrons. The molecular formula is C22H26N2O3S. The Labute approximate surface area is 169 Å². The van der Waals surface area contributed by atoms with E-state index in [4.69, 9.17) is 4.74 Å². The fourth-order valence-electron chi connectivity index (χ4n) is 4.02. The zero-order valence-electron chi connectivity index (χ0n) is 16.2. The number of ether oxygens (including phenoxy) is 1. The van der Waals surface area contributed by atoms with Crippen molar-refractivity contribution >= 4 is 28.9 Å². The van der Waals surface area contributed by atoms with Crippen LogP contribution in [0.1, 0.15) is 40.6 Å². The Morgan fingerprint density at radius 2 is 1.75 bits per heavy atom. The smallest absolute Gasteiger partial charge is 0.340 e. The fourth-order valence-corrected chi connectivity index (χ4v) is 5.14. The Hall–Kier alpha value is -2.34. The largest absolute Gasteiger partial charge is 0.449 e. The highest BCUT2D eigenvalue weighted by Gasteiger charge is 2.29. The first-order chi connectivity index (χ1) is 13.6. The molecule has 1 amide bonds. The van der Waals surface area contributed by atoms with Crippen LogP contribution in [0.15, 0.2) is 35.7 Å². The average Bonchev–Trinajstić information content (AvgIpc) is 3.18. The number of thiophene rings is 1. The van der Waals surface area contributed by atoms with Gasteiger partial charge in [0.2, 0.25) is 0 Å². The zero-order valence-corrected chi connectivity index (χ0v) is 17.0. The molecule has 0 radical (unpaired) electrons. The van der Waals surface area contributed by atoms with Crippen molar-refractivity contribution in [3.63, 3.8) is 0 Å². The van der Waals surface area contributed by atoms with Crippen LogP contribution in [0.2, 0.25) is 0 Å². The number of rotatable bonds is 4. The minimum Gasteiger partial charge on any atom is -0.449 e. The second-order valence-corrected chi connectivity index (χ2v) is 8.42. The molecule has 5 nitrogen and oxygen atoms in total. The topological polar surface area (TPSA) is 49.9 Å². The van der Waals surface area contributed by atoms with Crippen molar-refractivity contribution < 1.29 is 14.3 Å². The molecule has 0 N–H and O–H groups in total. The van der Waals surface area contributed by atoms with Crippen molar-refractivity contribution in [2.75, 3.05) is 31.1 Å². The number of hydrogen-bond donors (Lipinski definition) is 0. The standard InChI is InChI=1S/C22H26N2O3S/c1-16(27-22(26)19-15-28-20-10-6-5-9-18(19)20)21(25)24-13-11-23(12-14-24)17-7-3-2-4-8-17/h2-4,7-8,15-16H,5-6,9-14H2,1H3/t16-/m0/s1. The number of aryl methyl sites for hydroxylation is 1. The molecule has 1 aromatic heterocycles. The van der Waals surface area contributed by atoms with Crippen molar-refractivity contribution in [2.45, 2.75) is 38.7 Å². The molecule has 0 spiro atoms. The third-order valence-electron chi connectivity index (χ3n) is 5.63. The first-order valence-electron chi connectivity index (χ1n) is 10.0. The van der Waals surface area contributed by atoms with Crippen LogP contribution in [0.3, 0.4) is 0 Å². The van der Waals surface area contributed by atoms with E-state index in [0.717, 1.165) is 37.9 Å². The van der Waals surface area contributed by atoms with Crippen LogP contribution in [-0.2, 0) is 22.4 Å². The number of piperazine rings is 1. The fraction of sp³-hybridized carbons (Fsp3) is 0.455. The zero-order chi connectivity index (χ0) is 19.5. The molecular weight excluding hydrogens is 372 g/mol. The van der Waals surface area contributed by atoms with E-state index in [9.17, 15) is 9.59 Å². The van der Waals surface area contributed by atoms with E-state index in [1.165, 1.54) is 17.0 Å². The number of carbonyl (C=O) groups is 2. The molecule has 1 atom stereocenters. The van der Waals surface area contributed by atoms with Gasteiger partial charge in [0.25, 0.3) is 5.91 Å². The molecule has 1 aromatic carbocycles. The second-order valence-electron chi connectivity index (χ2n) is 7.45. The van der Waals surface area contributed by atoms with Gasteiger partial charge in [0.1, 0.15) is 0 Å². The minimum absolute atomic E-state index is 0.106. The molecule has 1 aliphatic carbocycles. The van der Waals surface area contributed by atoms with Crippen molar-refractivity contribution in [2.24, 2.45) is 0 Å². The van der Waals surface area contributed by atoms with Crippen molar-refractivity contribution in [1.29, 1.82) is 0 Å². The lowest BCUT2D eigenvalue weighted by Crippen LogP contribution is -2.51. The number of para-hydroxylation sites is 1. The third kappa shape index (κ3) is 3.92. The van der Waals surface area contributed by atoms with Gasteiger partial charge in [-0.1, -0.05) is 18.2 Å². The van der Waals surface area contributed by atoms with Gasteiger partial charge in [-0.25, -0.2) is 4.79 Å². The van der Waals surface area contributed by atoms with Crippen molar-refractivity contribution in [3.05, 3.63) is 51.7 Å². The second kappa shape index (κ2) is 8.35. The van der Waals surface area contributed by atoms with Gasteiger partial charge in [0.05, 0.1) is 5.56 Å². The molecule has 6 heteroatoms. The molecule has 4 rings (SSSR count). The highest BCUT2D eigenvalue weighted by molar-refractivity contribution is 7.10. The van der Waals surface area contributed by atoms with Crippen LogP contribution in [-0.4, -0.2) is 49.1 Å². The van der Waals surface area contributed by atoms with E-state index in [2.05, 4.69) is 17.0 Å². The van der Waals surface area contributed by atoms with Gasteiger partial charge in [-0.2, -0.15) is 0 Å². The SMILES string of the molecule is C[C@H](OC(=O)c1csc2c1CCCC2)C(=O)N1CCN(c2ccccc2)CC1. The van der Waals surface area contributed by atoms with E-state index >= 15 is 0 Å². The van der Waals surface area contributed by atoms with Gasteiger partial charge in [-0.05, 0) is 50.3 Å². The van der Waals surface area contributed by atoms with Crippen LogP contribution in [0.4, 0.5) is 5.69 Å². The minimum atomic E-state index is -0.755. The number of nitrogens with zero attached hydrogens (tertiary/aromatic N) is 2. The quantitative estimate of drug-likeness (QED) is 0.740. The van der Waals surface area contributed by atoms with Crippen molar-refractivity contribution in [1.82, 2.24) is 4.90 Å². The van der Waals surface area contributed by atoms with Gasteiger partial charge < -0.3 is 14.5 Å². The molecule has 0 saturated carbocycles. The predicted octanol–water partition coefficient (Wildman–Crippen LogP) is 3.52. The van der Waals surface area contributed by atoms with E-state index in [1.54, 1.807) is 23.2 Å². The molecule has 2 aliphatic rings.